The van der Waals surface area contributed by atoms with Crippen LogP contribution in [0.1, 0.15) is 131 Å². The van der Waals surface area contributed by atoms with Gasteiger partial charge in [-0.25, -0.2) is 0 Å². The predicted octanol–water partition coefficient (Wildman–Crippen LogP) is 3.67. The van der Waals surface area contributed by atoms with Crippen LogP contribution in [-0.2, 0) is 91.9 Å². The fourth-order valence-corrected chi connectivity index (χ4v) is 13.3. The van der Waals surface area contributed by atoms with Crippen molar-refractivity contribution in [1.82, 2.24) is 0 Å². The number of fused-ring (bicyclic) bond motifs is 2. The lowest BCUT2D eigenvalue weighted by Gasteiger charge is -2.47. The summed E-state index contributed by atoms with van der Waals surface area (Å²) in [6, 6.07) is 4.35. The molecule has 0 aromatic heterocycles. The van der Waals surface area contributed by atoms with Gasteiger partial charge in [0.1, 0.15) is 71.7 Å². The Hall–Kier alpha value is -4.30. The SMILES string of the molecule is COC(C(=O)C1OC(C)(C)OC1C)C1Cc2cc3cc(OC4CC(OC(C)=O)C(OC5CC(O)C(OC)C(C)O5)C(C)O4)cc(O)c3c(O)c2C(=O)C1OC1CC(OC2CC(OC3CC(C)(O)C(OC(=O)C(C)C)C(C)O3)C(O)C(C)O2)C(O)C(C)O1. The number of phenolic OH excluding ortho intramolecular Hbond substituents is 2. The van der Waals surface area contributed by atoms with Crippen molar-refractivity contribution in [2.45, 2.75) is 274 Å². The van der Waals surface area contributed by atoms with Crippen molar-refractivity contribution < 1.29 is 126 Å². The molecule has 25 unspecified atom stereocenters. The first-order chi connectivity index (χ1) is 40.9. The van der Waals surface area contributed by atoms with E-state index in [2.05, 4.69) is 0 Å². The van der Waals surface area contributed by atoms with Crippen LogP contribution in [0.5, 0.6) is 17.2 Å². The first-order valence-corrected chi connectivity index (χ1v) is 30.1. The summed E-state index contributed by atoms with van der Waals surface area (Å²) < 4.78 is 97.3. The largest absolute Gasteiger partial charge is 0.507 e. The van der Waals surface area contributed by atoms with Gasteiger partial charge in [-0.2, -0.15) is 0 Å². The molecule has 87 heavy (non-hydrogen) atoms. The van der Waals surface area contributed by atoms with Crippen LogP contribution in [0.15, 0.2) is 18.2 Å². The fourth-order valence-electron chi connectivity index (χ4n) is 13.3. The topological polar surface area (TPSA) is 337 Å². The fraction of sp³-hybridized carbons (Fsp3) is 0.770. The van der Waals surface area contributed by atoms with E-state index >= 15 is 4.79 Å². The molecule has 6 fully saturated rings. The molecular weight excluding hydrogens is 1150 g/mol. The smallest absolute Gasteiger partial charge is 0.308 e. The Kier molecular flexibility index (Phi) is 20.7. The molecule has 0 bridgehead atoms. The Balaban J connectivity index is 0.946. The number of carbonyl (C=O) groups excluding carboxylic acids is 4. The molecule has 9 rings (SSSR count). The minimum Gasteiger partial charge on any atom is -0.507 e. The average Bonchev–Trinajstić information content (AvgIpc) is 0.929. The van der Waals surface area contributed by atoms with Crippen LogP contribution in [0.3, 0.4) is 0 Å². The quantitative estimate of drug-likeness (QED) is 0.116. The second-order valence-electron chi connectivity index (χ2n) is 25.2. The van der Waals surface area contributed by atoms with E-state index in [1.54, 1.807) is 75.3 Å². The zero-order valence-corrected chi connectivity index (χ0v) is 51.8. The van der Waals surface area contributed by atoms with Crippen molar-refractivity contribution in [3.05, 3.63) is 29.3 Å². The number of benzene rings is 2. The number of aliphatic hydroxyl groups excluding tert-OH is 3. The summed E-state index contributed by atoms with van der Waals surface area (Å²) >= 11 is 0. The monoisotopic (exact) mass is 1240 g/mol. The summed E-state index contributed by atoms with van der Waals surface area (Å²) in [7, 11) is 2.79. The van der Waals surface area contributed by atoms with E-state index in [-0.39, 0.29) is 66.2 Å². The Labute approximate surface area is 505 Å². The molecular formula is C61H88O26. The highest BCUT2D eigenvalue weighted by atomic mass is 16.8. The van der Waals surface area contributed by atoms with Gasteiger partial charge in [-0.15, -0.1) is 0 Å². The Morgan fingerprint density at radius 1 is 0.667 bits per heavy atom. The molecule has 2 aromatic rings. The molecule has 0 spiro atoms. The molecule has 0 saturated carbocycles. The average molecular weight is 1240 g/mol. The van der Waals surface area contributed by atoms with Gasteiger partial charge in [0.15, 0.2) is 48.6 Å². The van der Waals surface area contributed by atoms with Gasteiger partial charge in [0.05, 0.1) is 71.8 Å². The molecule has 488 valence electrons. The van der Waals surface area contributed by atoms with Crippen molar-refractivity contribution in [1.29, 1.82) is 0 Å². The number of Topliss-reactive ketones (excluding diaryl/α,β-unsaturated/α-hetero) is 2. The molecule has 0 radical (unpaired) electrons. The maximum absolute atomic E-state index is 15.3. The van der Waals surface area contributed by atoms with E-state index in [9.17, 15) is 45.0 Å². The predicted molar refractivity (Wildman–Crippen MR) is 299 cm³/mol. The number of ether oxygens (including phenoxy) is 16. The summed E-state index contributed by atoms with van der Waals surface area (Å²) in [4.78, 5) is 55.0. The minimum absolute atomic E-state index is 0.0319. The van der Waals surface area contributed by atoms with Gasteiger partial charge in [0.25, 0.3) is 0 Å². The van der Waals surface area contributed by atoms with Crippen molar-refractivity contribution in [2.75, 3.05) is 14.2 Å². The number of hydrogen-bond donors (Lipinski definition) is 6. The number of carbonyl (C=O) groups is 4. The van der Waals surface area contributed by atoms with Gasteiger partial charge < -0.3 is 106 Å². The van der Waals surface area contributed by atoms with Gasteiger partial charge in [0.2, 0.25) is 6.29 Å². The van der Waals surface area contributed by atoms with Crippen LogP contribution in [0.4, 0.5) is 0 Å². The third-order valence-electron chi connectivity index (χ3n) is 17.5. The molecule has 2 aromatic carbocycles. The summed E-state index contributed by atoms with van der Waals surface area (Å²) in [5, 5.41) is 69.1. The first kappa shape index (κ1) is 67.1. The Bertz CT molecular complexity index is 2760. The second kappa shape index (κ2) is 26.9. The number of aliphatic hydroxyl groups is 4. The van der Waals surface area contributed by atoms with Gasteiger partial charge in [-0.05, 0) is 91.8 Å². The van der Waals surface area contributed by atoms with Crippen molar-refractivity contribution >= 4 is 34.3 Å². The Morgan fingerprint density at radius 2 is 1.24 bits per heavy atom. The maximum atomic E-state index is 15.3. The number of methoxy groups -OCH3 is 2. The number of aromatic hydroxyl groups is 2. The van der Waals surface area contributed by atoms with Gasteiger partial charge in [0, 0.05) is 65.2 Å². The highest BCUT2D eigenvalue weighted by molar-refractivity contribution is 6.11. The van der Waals surface area contributed by atoms with Crippen LogP contribution in [0, 0.1) is 11.8 Å². The van der Waals surface area contributed by atoms with Gasteiger partial charge >= 0.3 is 11.9 Å². The third-order valence-corrected chi connectivity index (χ3v) is 17.5. The maximum Gasteiger partial charge on any atom is 0.308 e. The van der Waals surface area contributed by atoms with Gasteiger partial charge in [-0.1, -0.05) is 13.8 Å². The second-order valence-corrected chi connectivity index (χ2v) is 25.2. The number of phenols is 2. The van der Waals surface area contributed by atoms with Crippen molar-refractivity contribution in [3.8, 4) is 17.2 Å². The van der Waals surface area contributed by atoms with Crippen molar-refractivity contribution in [2.24, 2.45) is 11.8 Å². The number of rotatable bonds is 18. The van der Waals surface area contributed by atoms with Crippen LogP contribution in [0.25, 0.3) is 10.8 Å². The molecule has 0 amide bonds. The van der Waals surface area contributed by atoms with Crippen LogP contribution < -0.4 is 4.74 Å². The Morgan fingerprint density at radius 3 is 1.82 bits per heavy atom. The normalized spacial score (nSPS) is 41.0. The molecule has 1 aliphatic carbocycles. The summed E-state index contributed by atoms with van der Waals surface area (Å²) in [5.74, 6) is -6.12. The van der Waals surface area contributed by atoms with E-state index < -0.39 is 200 Å². The van der Waals surface area contributed by atoms with E-state index in [4.69, 9.17) is 75.8 Å². The number of hydrogen-bond acceptors (Lipinski definition) is 26. The molecule has 26 nitrogen and oxygen atoms in total. The lowest BCUT2D eigenvalue weighted by Crippen LogP contribution is -2.59. The third kappa shape index (κ3) is 14.6. The zero-order valence-electron chi connectivity index (χ0n) is 51.8. The lowest BCUT2D eigenvalue weighted by atomic mass is 9.75. The highest BCUT2D eigenvalue weighted by Crippen LogP contribution is 2.47. The number of esters is 2. The zero-order chi connectivity index (χ0) is 63.5. The molecule has 25 atom stereocenters. The van der Waals surface area contributed by atoms with E-state index in [1.807, 2.05) is 0 Å². The highest BCUT2D eigenvalue weighted by Gasteiger charge is 2.54. The minimum atomic E-state index is -1.58. The van der Waals surface area contributed by atoms with Crippen LogP contribution in [0.2, 0.25) is 0 Å². The van der Waals surface area contributed by atoms with Gasteiger partial charge in [-0.3, -0.25) is 19.2 Å². The molecule has 6 aliphatic heterocycles. The lowest BCUT2D eigenvalue weighted by molar-refractivity contribution is -0.334. The number of ketones is 2. The van der Waals surface area contributed by atoms with Crippen LogP contribution in [-0.4, -0.2) is 221 Å². The molecule has 26 heteroatoms. The van der Waals surface area contributed by atoms with E-state index in [1.165, 1.54) is 40.2 Å². The molecule has 6 N–H and O–H groups in total. The molecule has 6 heterocycles. The standard InChI is InChI=1S/C61H88O26/c1-24(2)59(70)85-58-30(8)78-45(23-61(58,12)71)82-39-20-43(74-25(3)49(39)66)81-38-21-44(75-26(4)48(38)65)84-57-35(56(73-14)52(69)55-29(7)86-60(10,11)87-55)17-33-15-32-16-34(18-36(63)46(32)50(67)47(33)51(57)68)80-42-22-40(79-31(9)62)54(28(6)77-42)83-41-19-37(64)53(72-13)27(5)76-41/h15-16,18,24-30,35,37-45,48-49,53-58,63-67,71H,17,19-23H2,1-14H3. The molecule has 6 saturated heterocycles. The first-order valence-electron chi connectivity index (χ1n) is 30.1. The summed E-state index contributed by atoms with van der Waals surface area (Å²) in [6.07, 6.45) is -23.2. The summed E-state index contributed by atoms with van der Waals surface area (Å²) in [5.41, 5.74) is -1.49. The van der Waals surface area contributed by atoms with Crippen molar-refractivity contribution in [3.63, 3.8) is 0 Å². The van der Waals surface area contributed by atoms with E-state index in [0.29, 0.717) is 0 Å². The molecule has 7 aliphatic rings. The van der Waals surface area contributed by atoms with E-state index in [0.717, 1.165) is 0 Å². The van der Waals surface area contributed by atoms with Crippen LogP contribution >= 0.6 is 0 Å². The summed E-state index contributed by atoms with van der Waals surface area (Å²) in [6.45, 7) is 19.4.